The molecule has 0 bridgehead atoms. The van der Waals surface area contributed by atoms with Crippen molar-refractivity contribution in [2.45, 2.75) is 16.5 Å². The monoisotopic (exact) mass is 736 g/mol. The number of ether oxygens (including phenoxy) is 6. The molecule has 0 fully saturated rings. The van der Waals surface area contributed by atoms with Gasteiger partial charge in [-0.2, -0.15) is 0 Å². The first-order chi connectivity index (χ1) is 24.6. The second-order valence-corrected chi connectivity index (χ2v) is 13.7. The molecule has 6 rings (SSSR count). The summed E-state index contributed by atoms with van der Waals surface area (Å²) >= 11 is 1.20. The smallest absolute Gasteiger partial charge is 0.270 e. The van der Waals surface area contributed by atoms with Gasteiger partial charge in [0.2, 0.25) is 16.9 Å². The van der Waals surface area contributed by atoms with Gasteiger partial charge in [0, 0.05) is 23.4 Å². The minimum Gasteiger partial charge on any atom is -0.496 e. The molecule has 0 saturated carbocycles. The van der Waals surface area contributed by atoms with Crippen LogP contribution in [0.5, 0.6) is 34.5 Å². The third-order valence-corrected chi connectivity index (χ3v) is 10.7. The molecule has 0 saturated heterocycles. The highest BCUT2D eigenvalue weighted by Gasteiger charge is 2.26. The highest BCUT2D eigenvalue weighted by molar-refractivity contribution is 8.00. The van der Waals surface area contributed by atoms with E-state index in [9.17, 15) is 17.6 Å². The van der Waals surface area contributed by atoms with Crippen LogP contribution in [-0.2, 0) is 10.0 Å². The van der Waals surface area contributed by atoms with E-state index in [1.165, 1.54) is 59.4 Å². The normalized spacial score (nSPS) is 11.5. The highest BCUT2D eigenvalue weighted by Crippen LogP contribution is 2.44. The quantitative estimate of drug-likeness (QED) is 0.0860. The summed E-state index contributed by atoms with van der Waals surface area (Å²) in [6, 6.07) is 17.9. The number of rotatable bonds is 14. The fourth-order valence-electron chi connectivity index (χ4n) is 5.47. The minimum absolute atomic E-state index is 0.0457. The lowest BCUT2D eigenvalue weighted by atomic mass is 10.1. The maximum absolute atomic E-state index is 14.1. The summed E-state index contributed by atoms with van der Waals surface area (Å²) in [7, 11) is 3.23. The number of nitrogens with zero attached hydrogens (tertiary/aromatic N) is 2. The zero-order chi connectivity index (χ0) is 36.3. The van der Waals surface area contributed by atoms with Crippen LogP contribution in [0.4, 0.5) is 4.39 Å². The zero-order valence-corrected chi connectivity index (χ0v) is 29.9. The zero-order valence-electron chi connectivity index (χ0n) is 28.2. The number of methoxy groups -OCH3 is 5. The van der Waals surface area contributed by atoms with Crippen molar-refractivity contribution in [3.05, 3.63) is 88.8 Å². The fourth-order valence-corrected chi connectivity index (χ4v) is 8.10. The number of hydrogen-bond acceptors (Lipinski definition) is 12. The van der Waals surface area contributed by atoms with Gasteiger partial charge in [0.1, 0.15) is 28.3 Å². The van der Waals surface area contributed by atoms with Crippen molar-refractivity contribution in [1.82, 2.24) is 8.96 Å². The van der Waals surface area contributed by atoms with Gasteiger partial charge >= 0.3 is 0 Å². The van der Waals surface area contributed by atoms with Crippen molar-refractivity contribution in [1.29, 1.82) is 0 Å². The molecule has 2 aromatic heterocycles. The number of imidazole rings is 1. The van der Waals surface area contributed by atoms with E-state index in [4.69, 9.17) is 32.8 Å². The molecule has 2 heterocycles. The van der Waals surface area contributed by atoms with E-state index in [-0.39, 0.29) is 44.9 Å². The molecule has 0 unspecified atom stereocenters. The number of aromatic nitrogens is 2. The van der Waals surface area contributed by atoms with Crippen LogP contribution in [0.15, 0.2) is 92.1 Å². The molecular weight excluding hydrogens is 704 g/mol. The minimum atomic E-state index is -4.11. The third kappa shape index (κ3) is 6.73. The molecule has 0 aliphatic carbocycles. The highest BCUT2D eigenvalue weighted by atomic mass is 32.2. The molecule has 0 N–H and O–H groups in total. The first kappa shape index (κ1) is 35.4. The summed E-state index contributed by atoms with van der Waals surface area (Å²) in [5.41, 5.74) is 0.990. The Morgan fingerprint density at radius 2 is 1.51 bits per heavy atom. The molecule has 0 spiro atoms. The maximum Gasteiger partial charge on any atom is 0.270 e. The largest absolute Gasteiger partial charge is 0.496 e. The van der Waals surface area contributed by atoms with E-state index < -0.39 is 21.3 Å². The Morgan fingerprint density at radius 1 is 0.824 bits per heavy atom. The fraction of sp³-hybridized carbons (Fsp3) is 0.222. The molecule has 0 aliphatic rings. The van der Waals surface area contributed by atoms with Gasteiger partial charge in [0.25, 0.3) is 10.0 Å². The molecule has 0 radical (unpaired) electrons. The van der Waals surface area contributed by atoms with Crippen molar-refractivity contribution in [2.75, 3.05) is 47.9 Å². The van der Waals surface area contributed by atoms with Crippen LogP contribution in [0.25, 0.3) is 33.3 Å². The van der Waals surface area contributed by atoms with Crippen LogP contribution in [0.1, 0.15) is 6.42 Å². The van der Waals surface area contributed by atoms with E-state index in [0.29, 0.717) is 51.8 Å². The summed E-state index contributed by atoms with van der Waals surface area (Å²) in [4.78, 5) is 18.6. The number of hydrogen-bond donors (Lipinski definition) is 0. The molecule has 0 aliphatic heterocycles. The lowest BCUT2D eigenvalue weighted by Crippen LogP contribution is -2.15. The van der Waals surface area contributed by atoms with Crippen molar-refractivity contribution in [3.8, 4) is 45.8 Å². The molecule has 6 aromatic rings. The average Bonchev–Trinajstić information content (AvgIpc) is 3.53. The van der Waals surface area contributed by atoms with Crippen molar-refractivity contribution < 1.29 is 45.6 Å². The van der Waals surface area contributed by atoms with Gasteiger partial charge in [0.05, 0.1) is 58.1 Å². The Labute approximate surface area is 296 Å². The van der Waals surface area contributed by atoms with Crippen LogP contribution in [0.3, 0.4) is 0 Å². The number of thioether (sulfide) groups is 1. The SMILES string of the molecule is COc1cc(OC)c2c(=O)c(OCCCSc3nc4ccccc4n3S(=O)(=O)c3ccc(F)cc3)c(-c3cc(OC)c(OC)c(OC)c3)oc2c1. The van der Waals surface area contributed by atoms with E-state index in [2.05, 4.69) is 4.98 Å². The van der Waals surface area contributed by atoms with Crippen LogP contribution in [0.2, 0.25) is 0 Å². The van der Waals surface area contributed by atoms with E-state index in [1.54, 1.807) is 48.5 Å². The molecule has 0 amide bonds. The standard InChI is InChI=1S/C36H33FN2O10S2/c1-43-23-19-27(44-2)31-28(20-23)49-33(21-17-29(45-3)34(47-5)30(18-21)46-4)35(32(31)40)48-15-8-16-50-36-38-25-9-6-7-10-26(25)39(36)51(41,42)24-13-11-22(37)12-14-24/h6-7,9-14,17-20H,8,15-16H2,1-5H3. The predicted molar refractivity (Wildman–Crippen MR) is 190 cm³/mol. The summed E-state index contributed by atoms with van der Waals surface area (Å²) in [6.07, 6.45) is 0.371. The summed E-state index contributed by atoms with van der Waals surface area (Å²) in [5.74, 6) is 1.48. The van der Waals surface area contributed by atoms with Crippen molar-refractivity contribution in [3.63, 3.8) is 0 Å². The number of halogens is 1. The molecule has 51 heavy (non-hydrogen) atoms. The molecule has 0 atom stereocenters. The van der Waals surface area contributed by atoms with E-state index in [0.717, 1.165) is 16.1 Å². The lowest BCUT2D eigenvalue weighted by Gasteiger charge is -2.17. The van der Waals surface area contributed by atoms with Crippen molar-refractivity contribution >= 4 is 43.8 Å². The van der Waals surface area contributed by atoms with Gasteiger partial charge in [-0.25, -0.2) is 21.8 Å². The van der Waals surface area contributed by atoms with Gasteiger partial charge in [-0.15, -0.1) is 0 Å². The third-order valence-electron chi connectivity index (χ3n) is 7.88. The predicted octanol–water partition coefficient (Wildman–Crippen LogP) is 6.79. The Balaban J connectivity index is 1.33. The van der Waals surface area contributed by atoms with Gasteiger partial charge in [-0.05, 0) is 55.0 Å². The molecule has 15 heteroatoms. The van der Waals surface area contributed by atoms with Gasteiger partial charge in [0.15, 0.2) is 22.4 Å². The molecular formula is C36H33FN2O10S2. The first-order valence-corrected chi connectivity index (χ1v) is 17.8. The Hall–Kier alpha value is -5.41. The Kier molecular flexibility index (Phi) is 10.3. The Morgan fingerprint density at radius 3 is 2.16 bits per heavy atom. The average molecular weight is 737 g/mol. The second kappa shape index (κ2) is 14.8. The van der Waals surface area contributed by atoms with E-state index >= 15 is 0 Å². The second-order valence-electron chi connectivity index (χ2n) is 10.9. The Bertz CT molecular complexity index is 2370. The van der Waals surface area contributed by atoms with Crippen LogP contribution in [0, 0.1) is 5.82 Å². The number of fused-ring (bicyclic) bond motifs is 2. The van der Waals surface area contributed by atoms with Gasteiger partial charge in [-0.3, -0.25) is 4.79 Å². The van der Waals surface area contributed by atoms with E-state index in [1.807, 2.05) is 0 Å². The van der Waals surface area contributed by atoms with Crippen LogP contribution >= 0.6 is 11.8 Å². The van der Waals surface area contributed by atoms with Crippen molar-refractivity contribution in [2.24, 2.45) is 0 Å². The van der Waals surface area contributed by atoms with Gasteiger partial charge in [-0.1, -0.05) is 23.9 Å². The summed E-state index contributed by atoms with van der Waals surface area (Å²) in [5, 5.41) is 0.376. The number of para-hydroxylation sites is 2. The topological polar surface area (TPSA) is 138 Å². The van der Waals surface area contributed by atoms with Crippen LogP contribution < -0.4 is 33.8 Å². The summed E-state index contributed by atoms with van der Waals surface area (Å²) < 4.78 is 82.2. The van der Waals surface area contributed by atoms with Gasteiger partial charge < -0.3 is 32.8 Å². The van der Waals surface area contributed by atoms with Crippen LogP contribution in [-0.4, -0.2) is 65.3 Å². The first-order valence-electron chi connectivity index (χ1n) is 15.4. The summed E-state index contributed by atoms with van der Waals surface area (Å²) in [6.45, 7) is 0.0457. The molecule has 4 aromatic carbocycles. The molecule has 12 nitrogen and oxygen atoms in total. The number of benzene rings is 4. The maximum atomic E-state index is 14.1. The molecule has 266 valence electrons. The lowest BCUT2D eigenvalue weighted by molar-refractivity contribution is 0.309.